The van der Waals surface area contributed by atoms with Crippen molar-refractivity contribution in [1.29, 1.82) is 0 Å². The lowest BCUT2D eigenvalue weighted by Gasteiger charge is -2.13. The van der Waals surface area contributed by atoms with E-state index in [4.69, 9.17) is 4.74 Å². The van der Waals surface area contributed by atoms with Crippen LogP contribution in [-0.4, -0.2) is 45.8 Å². The Bertz CT molecular complexity index is 530. The van der Waals surface area contributed by atoms with E-state index in [-0.39, 0.29) is 12.4 Å². The van der Waals surface area contributed by atoms with Crippen molar-refractivity contribution in [3.05, 3.63) is 29.3 Å². The number of guanidine groups is 1. The average Bonchev–Trinajstić information content (AvgIpc) is 2.54. The highest BCUT2D eigenvalue weighted by atomic mass is 16.5. The summed E-state index contributed by atoms with van der Waals surface area (Å²) < 4.78 is 9.99. The quantitative estimate of drug-likeness (QED) is 0.433. The molecular weight excluding hydrogens is 294 g/mol. The topological polar surface area (TPSA) is 72.0 Å². The molecule has 0 amide bonds. The highest BCUT2D eigenvalue weighted by Crippen LogP contribution is 2.19. The van der Waals surface area contributed by atoms with Gasteiger partial charge in [-0.3, -0.25) is 9.79 Å². The highest BCUT2D eigenvalue weighted by molar-refractivity contribution is 5.80. The van der Waals surface area contributed by atoms with E-state index in [9.17, 15) is 4.79 Å². The summed E-state index contributed by atoms with van der Waals surface area (Å²) in [6.45, 7) is 5.95. The summed E-state index contributed by atoms with van der Waals surface area (Å²) in [5.74, 6) is 1.34. The van der Waals surface area contributed by atoms with Gasteiger partial charge < -0.3 is 20.1 Å². The summed E-state index contributed by atoms with van der Waals surface area (Å²) in [5.41, 5.74) is 2.37. The molecule has 0 fully saturated rings. The summed E-state index contributed by atoms with van der Waals surface area (Å²) in [7, 11) is 3.06. The van der Waals surface area contributed by atoms with Crippen LogP contribution in [0.2, 0.25) is 0 Å². The van der Waals surface area contributed by atoms with Gasteiger partial charge in [0, 0.05) is 13.1 Å². The standard InChI is InChI=1S/C17H27N3O3/c1-5-18-17(20-11-9-16(21)23-4)19-10-8-14-12-13(2)6-7-15(14)22-3/h6-7,12H,5,8-11H2,1-4H3,(H2,18,19,20). The van der Waals surface area contributed by atoms with Crippen LogP contribution in [0.4, 0.5) is 0 Å². The number of hydrogen-bond donors (Lipinski definition) is 2. The van der Waals surface area contributed by atoms with E-state index in [2.05, 4.69) is 33.4 Å². The summed E-state index contributed by atoms with van der Waals surface area (Å²) in [6.07, 6.45) is 1.10. The molecule has 1 aromatic carbocycles. The highest BCUT2D eigenvalue weighted by Gasteiger charge is 2.04. The Hall–Kier alpha value is -2.24. The van der Waals surface area contributed by atoms with Crippen molar-refractivity contribution in [3.63, 3.8) is 0 Å². The molecule has 23 heavy (non-hydrogen) atoms. The lowest BCUT2D eigenvalue weighted by Crippen LogP contribution is -2.38. The van der Waals surface area contributed by atoms with Gasteiger partial charge in [-0.15, -0.1) is 0 Å². The molecule has 0 atom stereocenters. The van der Waals surface area contributed by atoms with Crippen LogP contribution in [0.15, 0.2) is 23.2 Å². The number of methoxy groups -OCH3 is 2. The van der Waals surface area contributed by atoms with E-state index in [1.807, 2.05) is 19.1 Å². The maximum atomic E-state index is 11.1. The van der Waals surface area contributed by atoms with Crippen molar-refractivity contribution in [2.75, 3.05) is 33.9 Å². The average molecular weight is 321 g/mol. The third-order valence-corrected chi connectivity index (χ3v) is 3.28. The van der Waals surface area contributed by atoms with Gasteiger partial charge >= 0.3 is 5.97 Å². The van der Waals surface area contributed by atoms with Crippen molar-refractivity contribution in [3.8, 4) is 5.75 Å². The van der Waals surface area contributed by atoms with Crippen molar-refractivity contribution in [1.82, 2.24) is 10.6 Å². The molecule has 0 aliphatic heterocycles. The number of esters is 1. The molecule has 0 aliphatic rings. The first kappa shape index (κ1) is 18.8. The fraction of sp³-hybridized carbons (Fsp3) is 0.529. The van der Waals surface area contributed by atoms with E-state index in [1.54, 1.807) is 7.11 Å². The van der Waals surface area contributed by atoms with Crippen LogP contribution >= 0.6 is 0 Å². The van der Waals surface area contributed by atoms with Crippen LogP contribution in [0.1, 0.15) is 24.5 Å². The van der Waals surface area contributed by atoms with Crippen molar-refractivity contribution < 1.29 is 14.3 Å². The summed E-state index contributed by atoms with van der Waals surface area (Å²) >= 11 is 0. The predicted molar refractivity (Wildman–Crippen MR) is 92.0 cm³/mol. The first-order valence-electron chi connectivity index (χ1n) is 7.83. The predicted octanol–water partition coefficient (Wildman–Crippen LogP) is 1.66. The number of nitrogens with zero attached hydrogens (tertiary/aromatic N) is 1. The molecule has 0 heterocycles. The molecule has 1 rings (SSSR count). The Morgan fingerprint density at radius 2 is 2.04 bits per heavy atom. The van der Waals surface area contributed by atoms with Crippen LogP contribution in [0.3, 0.4) is 0 Å². The van der Waals surface area contributed by atoms with Crippen molar-refractivity contribution in [2.24, 2.45) is 4.99 Å². The number of nitrogens with one attached hydrogen (secondary N) is 2. The second kappa shape index (κ2) is 10.5. The molecule has 0 saturated heterocycles. The second-order valence-electron chi connectivity index (χ2n) is 5.08. The largest absolute Gasteiger partial charge is 0.496 e. The molecule has 6 heteroatoms. The second-order valence-corrected chi connectivity index (χ2v) is 5.08. The molecule has 0 spiro atoms. The molecule has 0 radical (unpaired) electrons. The van der Waals surface area contributed by atoms with Gasteiger partial charge in [0.05, 0.1) is 27.2 Å². The van der Waals surface area contributed by atoms with E-state index >= 15 is 0 Å². The fourth-order valence-corrected chi connectivity index (χ4v) is 2.12. The van der Waals surface area contributed by atoms with Gasteiger partial charge in [0.25, 0.3) is 0 Å². The molecule has 2 N–H and O–H groups in total. The van der Waals surface area contributed by atoms with Gasteiger partial charge in [-0.2, -0.15) is 0 Å². The molecule has 0 bridgehead atoms. The van der Waals surface area contributed by atoms with Gasteiger partial charge in [-0.05, 0) is 31.9 Å². The third-order valence-electron chi connectivity index (χ3n) is 3.28. The van der Waals surface area contributed by atoms with Crippen LogP contribution in [0, 0.1) is 6.92 Å². The number of rotatable bonds is 8. The summed E-state index contributed by atoms with van der Waals surface area (Å²) in [5, 5.41) is 6.42. The maximum Gasteiger partial charge on any atom is 0.307 e. The molecule has 0 unspecified atom stereocenters. The van der Waals surface area contributed by atoms with Crippen LogP contribution < -0.4 is 15.4 Å². The SMILES string of the molecule is CCNC(=NCCC(=O)OC)NCCc1cc(C)ccc1OC. The summed E-state index contributed by atoms with van der Waals surface area (Å²) in [4.78, 5) is 15.5. The number of aryl methyl sites for hydroxylation is 1. The Labute approximate surface area is 138 Å². The number of aliphatic imine (C=N–C) groups is 1. The lowest BCUT2D eigenvalue weighted by molar-refractivity contribution is -0.140. The maximum absolute atomic E-state index is 11.1. The minimum Gasteiger partial charge on any atom is -0.496 e. The number of carbonyl (C=O) groups is 1. The van der Waals surface area contributed by atoms with Crippen molar-refractivity contribution in [2.45, 2.75) is 26.7 Å². The molecule has 0 aliphatic carbocycles. The van der Waals surface area contributed by atoms with E-state index in [1.165, 1.54) is 12.7 Å². The van der Waals surface area contributed by atoms with Crippen LogP contribution in [0.25, 0.3) is 0 Å². The number of ether oxygens (including phenoxy) is 2. The molecule has 128 valence electrons. The number of benzene rings is 1. The molecule has 6 nitrogen and oxygen atoms in total. The van der Waals surface area contributed by atoms with Crippen LogP contribution in [0.5, 0.6) is 5.75 Å². The molecular formula is C17H27N3O3. The third kappa shape index (κ3) is 7.04. The molecule has 1 aromatic rings. The Morgan fingerprint density at radius 3 is 2.70 bits per heavy atom. The van der Waals surface area contributed by atoms with Gasteiger partial charge in [-0.1, -0.05) is 17.7 Å². The Kier molecular flexibility index (Phi) is 8.57. The minimum atomic E-state index is -0.255. The van der Waals surface area contributed by atoms with Gasteiger partial charge in [0.2, 0.25) is 0 Å². The Morgan fingerprint density at radius 1 is 1.26 bits per heavy atom. The van der Waals surface area contributed by atoms with Gasteiger partial charge in [0.1, 0.15) is 5.75 Å². The minimum absolute atomic E-state index is 0.255. The normalized spacial score (nSPS) is 11.0. The van der Waals surface area contributed by atoms with E-state index < -0.39 is 0 Å². The van der Waals surface area contributed by atoms with Crippen molar-refractivity contribution >= 4 is 11.9 Å². The zero-order valence-electron chi connectivity index (χ0n) is 14.4. The first-order chi connectivity index (χ1) is 11.1. The van der Waals surface area contributed by atoms with Crippen LogP contribution in [-0.2, 0) is 16.0 Å². The smallest absolute Gasteiger partial charge is 0.307 e. The van der Waals surface area contributed by atoms with Gasteiger partial charge in [-0.25, -0.2) is 0 Å². The zero-order chi connectivity index (χ0) is 17.1. The molecule has 0 aromatic heterocycles. The zero-order valence-corrected chi connectivity index (χ0v) is 14.4. The number of carbonyl (C=O) groups excluding carboxylic acids is 1. The van der Waals surface area contributed by atoms with Gasteiger partial charge in [0.15, 0.2) is 5.96 Å². The molecule has 0 saturated carbocycles. The van der Waals surface area contributed by atoms with E-state index in [0.29, 0.717) is 12.5 Å². The Balaban J connectivity index is 2.53. The number of hydrogen-bond acceptors (Lipinski definition) is 4. The fourth-order valence-electron chi connectivity index (χ4n) is 2.12. The van der Waals surface area contributed by atoms with E-state index in [0.717, 1.165) is 30.8 Å². The first-order valence-corrected chi connectivity index (χ1v) is 7.83. The summed E-state index contributed by atoms with van der Waals surface area (Å²) in [6, 6.07) is 6.15. The monoisotopic (exact) mass is 321 g/mol. The lowest BCUT2D eigenvalue weighted by atomic mass is 10.1.